The van der Waals surface area contributed by atoms with Gasteiger partial charge in [-0.25, -0.2) is 0 Å². The van der Waals surface area contributed by atoms with Crippen LogP contribution in [-0.2, 0) is 37.6 Å². The molecule has 0 heterocycles. The zero-order valence-electron chi connectivity index (χ0n) is 9.52. The van der Waals surface area contributed by atoms with Crippen molar-refractivity contribution in [2.24, 2.45) is 0 Å². The number of likely N-dealkylation sites (N-methyl/N-ethyl adjacent to an activating group) is 1. The van der Waals surface area contributed by atoms with Gasteiger partial charge in [-0.15, -0.1) is 0 Å². The Balaban J connectivity index is -0.000000845. The van der Waals surface area contributed by atoms with Crippen LogP contribution in [0.5, 0.6) is 0 Å². The summed E-state index contributed by atoms with van der Waals surface area (Å²) >= 11 is 0. The molecular weight excluding hydrogens is 249 g/mol. The number of rotatable bonds is 5. The Morgan fingerprint density at radius 2 is 1.81 bits per heavy atom. The first-order valence-corrected chi connectivity index (χ1v) is 4.36. The Morgan fingerprint density at radius 3 is 2.12 bits per heavy atom. The Bertz CT molecular complexity index is 209. The third-order valence-electron chi connectivity index (χ3n) is 1.79. The molecule has 0 aliphatic rings. The maximum atomic E-state index is 11.2. The van der Waals surface area contributed by atoms with Gasteiger partial charge in [-0.2, -0.15) is 0 Å². The van der Waals surface area contributed by atoms with Crippen molar-refractivity contribution in [1.29, 1.82) is 0 Å². The number of nitrogens with zero attached hydrogens (tertiary/aromatic N) is 1. The van der Waals surface area contributed by atoms with Gasteiger partial charge in [0.25, 0.3) is 0 Å². The number of hydrogen-bond donors (Lipinski definition) is 0. The Morgan fingerprint density at radius 1 is 1.31 bits per heavy atom. The average Bonchev–Trinajstić information content (AvgIpc) is 2.10. The maximum Gasteiger partial charge on any atom is 0.323 e. The molecule has 0 aliphatic heterocycles. The summed E-state index contributed by atoms with van der Waals surface area (Å²) in [7, 11) is 4.88. The second-order valence-corrected chi connectivity index (χ2v) is 3.13. The molecule has 0 rings (SSSR count). The van der Waals surface area contributed by atoms with Gasteiger partial charge < -0.3 is 9.47 Å². The van der Waals surface area contributed by atoms with E-state index in [1.807, 2.05) is 0 Å². The van der Waals surface area contributed by atoms with Gasteiger partial charge in [-0.1, -0.05) is 7.43 Å². The average molecular weight is 270 g/mol. The molecule has 16 heavy (non-hydrogen) atoms. The minimum absolute atomic E-state index is 0. The SMILES string of the molecule is C.COC(=O)C(CCOC(C)=O)N(C)C.[V]. The summed E-state index contributed by atoms with van der Waals surface area (Å²) in [5, 5.41) is 0. The van der Waals surface area contributed by atoms with Crippen molar-refractivity contribution in [3.63, 3.8) is 0 Å². The molecule has 0 aromatic carbocycles. The summed E-state index contributed by atoms with van der Waals surface area (Å²) in [4.78, 5) is 23.4. The van der Waals surface area contributed by atoms with E-state index >= 15 is 0 Å². The quantitative estimate of drug-likeness (QED) is 0.687. The Hall–Kier alpha value is -0.516. The second-order valence-electron chi connectivity index (χ2n) is 3.13. The molecule has 6 heteroatoms. The predicted molar refractivity (Wildman–Crippen MR) is 57.5 cm³/mol. The van der Waals surface area contributed by atoms with Crippen molar-refractivity contribution in [3.05, 3.63) is 0 Å². The van der Waals surface area contributed by atoms with Crippen LogP contribution in [0.3, 0.4) is 0 Å². The molecular formula is C10H21NO4V. The number of hydrogen-bond acceptors (Lipinski definition) is 5. The smallest absolute Gasteiger partial charge is 0.323 e. The molecule has 0 aliphatic carbocycles. The van der Waals surface area contributed by atoms with Crippen LogP contribution in [0, 0.1) is 0 Å². The van der Waals surface area contributed by atoms with Gasteiger partial charge in [0.15, 0.2) is 0 Å². The molecule has 0 saturated heterocycles. The first kappa shape index (κ1) is 20.8. The molecule has 5 nitrogen and oxygen atoms in total. The fourth-order valence-corrected chi connectivity index (χ4v) is 1.04. The van der Waals surface area contributed by atoms with Crippen molar-refractivity contribution >= 4 is 11.9 Å². The summed E-state index contributed by atoms with van der Waals surface area (Å²) < 4.78 is 9.35. The van der Waals surface area contributed by atoms with Crippen LogP contribution < -0.4 is 0 Å². The first-order valence-electron chi connectivity index (χ1n) is 4.36. The van der Waals surface area contributed by atoms with Gasteiger partial charge in [-0.3, -0.25) is 14.5 Å². The molecule has 1 atom stereocenters. The topological polar surface area (TPSA) is 55.8 Å². The first-order chi connectivity index (χ1) is 6.49. The van der Waals surface area contributed by atoms with E-state index in [4.69, 9.17) is 4.74 Å². The van der Waals surface area contributed by atoms with Gasteiger partial charge in [-0.05, 0) is 14.1 Å². The van der Waals surface area contributed by atoms with Crippen LogP contribution in [0.2, 0.25) is 0 Å². The van der Waals surface area contributed by atoms with Gasteiger partial charge in [0.05, 0.1) is 13.7 Å². The van der Waals surface area contributed by atoms with Crippen LogP contribution in [-0.4, -0.2) is 50.7 Å². The monoisotopic (exact) mass is 270 g/mol. The largest absolute Gasteiger partial charge is 0.468 e. The van der Waals surface area contributed by atoms with E-state index in [1.54, 1.807) is 19.0 Å². The van der Waals surface area contributed by atoms with E-state index in [1.165, 1.54) is 14.0 Å². The fraction of sp³-hybridized carbons (Fsp3) is 0.800. The molecule has 0 saturated carbocycles. The van der Waals surface area contributed by atoms with E-state index < -0.39 is 0 Å². The Labute approximate surface area is 109 Å². The minimum Gasteiger partial charge on any atom is -0.468 e. The van der Waals surface area contributed by atoms with Gasteiger partial charge in [0, 0.05) is 31.9 Å². The van der Waals surface area contributed by atoms with Crippen LogP contribution in [0.25, 0.3) is 0 Å². The fourth-order valence-electron chi connectivity index (χ4n) is 1.04. The molecule has 95 valence electrons. The van der Waals surface area contributed by atoms with Gasteiger partial charge >= 0.3 is 11.9 Å². The number of ether oxygens (including phenoxy) is 2. The van der Waals surface area contributed by atoms with Crippen molar-refractivity contribution in [2.45, 2.75) is 26.8 Å². The summed E-state index contributed by atoms with van der Waals surface area (Å²) in [5.74, 6) is -0.658. The number of carbonyl (C=O) groups is 2. The summed E-state index contributed by atoms with van der Waals surface area (Å²) in [5.41, 5.74) is 0. The molecule has 0 fully saturated rings. The molecule has 1 unspecified atom stereocenters. The van der Waals surface area contributed by atoms with Crippen molar-refractivity contribution in [2.75, 3.05) is 27.8 Å². The molecule has 0 spiro atoms. The van der Waals surface area contributed by atoms with E-state index in [9.17, 15) is 9.59 Å². The predicted octanol–water partition coefficient (Wildman–Crippen LogP) is 0.676. The Kier molecular flexibility index (Phi) is 14.3. The van der Waals surface area contributed by atoms with E-state index in [2.05, 4.69) is 4.74 Å². The van der Waals surface area contributed by atoms with E-state index in [0.717, 1.165) is 0 Å². The number of carbonyl (C=O) groups excluding carboxylic acids is 2. The maximum absolute atomic E-state index is 11.2. The summed E-state index contributed by atoms with van der Waals surface area (Å²) in [6.07, 6.45) is 0.444. The third kappa shape index (κ3) is 8.77. The zero-order valence-corrected chi connectivity index (χ0v) is 10.9. The van der Waals surface area contributed by atoms with E-state index in [0.29, 0.717) is 6.42 Å². The van der Waals surface area contributed by atoms with Crippen LogP contribution in [0.4, 0.5) is 0 Å². The normalized spacial score (nSPS) is 10.8. The van der Waals surface area contributed by atoms with E-state index in [-0.39, 0.29) is 50.6 Å². The molecule has 0 aromatic rings. The van der Waals surface area contributed by atoms with Crippen molar-refractivity contribution in [3.8, 4) is 0 Å². The zero-order chi connectivity index (χ0) is 11.1. The molecule has 1 radical (unpaired) electrons. The summed E-state index contributed by atoms with van der Waals surface area (Å²) in [6.45, 7) is 1.57. The van der Waals surface area contributed by atoms with Crippen LogP contribution >= 0.6 is 0 Å². The molecule has 0 amide bonds. The summed E-state index contributed by atoms with van der Waals surface area (Å²) in [6, 6.07) is -0.362. The van der Waals surface area contributed by atoms with Gasteiger partial charge in [0.2, 0.25) is 0 Å². The minimum atomic E-state index is -0.362. The van der Waals surface area contributed by atoms with Crippen molar-refractivity contribution < 1.29 is 37.6 Å². The van der Waals surface area contributed by atoms with Crippen molar-refractivity contribution in [1.82, 2.24) is 4.90 Å². The number of methoxy groups -OCH3 is 1. The second kappa shape index (κ2) is 11.0. The number of esters is 2. The molecule has 0 aromatic heterocycles. The standard InChI is InChI=1S/C9H17NO4.CH4.V/c1-7(11)14-6-5-8(10(2)3)9(12)13-4;;/h8H,5-6H2,1-4H3;1H4;. The van der Waals surface area contributed by atoms with Gasteiger partial charge in [0.1, 0.15) is 6.04 Å². The molecule has 0 bridgehead atoms. The third-order valence-corrected chi connectivity index (χ3v) is 1.79. The van der Waals surface area contributed by atoms with Crippen LogP contribution in [0.15, 0.2) is 0 Å². The van der Waals surface area contributed by atoms with Crippen LogP contribution in [0.1, 0.15) is 20.8 Å². The molecule has 0 N–H and O–H groups in total.